The van der Waals surface area contributed by atoms with Crippen molar-refractivity contribution in [3.8, 4) is 11.5 Å². The van der Waals surface area contributed by atoms with Crippen molar-refractivity contribution in [2.45, 2.75) is 36.3 Å². The molecular formula is C34H39FN4O7S. The number of benzene rings is 3. The van der Waals surface area contributed by atoms with E-state index in [2.05, 4.69) is 16.8 Å². The lowest BCUT2D eigenvalue weighted by Gasteiger charge is -2.42. The second kappa shape index (κ2) is 13.1. The Morgan fingerprint density at radius 3 is 2.28 bits per heavy atom. The van der Waals surface area contributed by atoms with Gasteiger partial charge in [-0.2, -0.15) is 4.31 Å². The third-order valence-corrected chi connectivity index (χ3v) is 10.9. The fourth-order valence-corrected chi connectivity index (χ4v) is 8.16. The Labute approximate surface area is 274 Å². The molecule has 3 heterocycles. The van der Waals surface area contributed by atoms with Crippen molar-refractivity contribution in [2.75, 3.05) is 64.3 Å². The minimum Gasteiger partial charge on any atom is -0.497 e. The van der Waals surface area contributed by atoms with Crippen LogP contribution < -0.4 is 13.8 Å². The maximum Gasteiger partial charge on any atom is 0.411 e. The number of ether oxygens (including phenoxy) is 3. The Hall–Kier alpha value is -4.20. The highest BCUT2D eigenvalue weighted by molar-refractivity contribution is 7.93. The lowest BCUT2D eigenvalue weighted by Crippen LogP contribution is -2.55. The SMILES string of the molecule is CCOc1ccccc1C1(OC(=O)N2CCN(C3CCN(C)CC3)CC2)C(=O)N(S(=O)(=O)c2ccc(OC)cc2)c2ccc(F)cc21. The summed E-state index contributed by atoms with van der Waals surface area (Å²) < 4.78 is 61.3. The topological polar surface area (TPSA) is 109 Å². The van der Waals surface area contributed by atoms with Gasteiger partial charge in [0.25, 0.3) is 15.9 Å². The molecule has 3 aromatic carbocycles. The van der Waals surface area contributed by atoms with Crippen molar-refractivity contribution in [3.05, 3.63) is 83.7 Å². The normalized spacial score (nSPS) is 21.1. The van der Waals surface area contributed by atoms with Crippen LogP contribution in [0.25, 0.3) is 0 Å². The standard InChI is InChI=1S/C34H39FN4O7S/c1-4-45-31-8-6-5-7-28(31)34(46-33(41)38-21-19-37(20-22-38)25-15-17-36(2)18-16-25)29-23-24(35)9-14-30(29)39(32(34)40)47(42,43)27-12-10-26(44-3)11-13-27/h5-14,23,25H,4,15-22H2,1-3H3. The van der Waals surface area contributed by atoms with Crippen molar-refractivity contribution in [3.63, 3.8) is 0 Å². The first-order chi connectivity index (χ1) is 22.6. The molecule has 47 heavy (non-hydrogen) atoms. The molecule has 0 spiro atoms. The third-order valence-electron chi connectivity index (χ3n) is 9.22. The van der Waals surface area contributed by atoms with Crippen LogP contribution in [0, 0.1) is 5.82 Å². The summed E-state index contributed by atoms with van der Waals surface area (Å²) in [4.78, 5) is 34.9. The van der Waals surface area contributed by atoms with Crippen LogP contribution in [0.5, 0.6) is 11.5 Å². The molecule has 3 aromatic rings. The Bertz CT molecular complexity index is 1740. The van der Waals surface area contributed by atoms with Crippen molar-refractivity contribution in [1.82, 2.24) is 14.7 Å². The molecule has 0 saturated carbocycles. The number of nitrogens with zero attached hydrogens (tertiary/aromatic N) is 4. The summed E-state index contributed by atoms with van der Waals surface area (Å²) in [5, 5.41) is 0. The lowest BCUT2D eigenvalue weighted by molar-refractivity contribution is -0.132. The first-order valence-electron chi connectivity index (χ1n) is 15.8. The van der Waals surface area contributed by atoms with Crippen LogP contribution >= 0.6 is 0 Å². The molecule has 0 N–H and O–H groups in total. The van der Waals surface area contributed by atoms with E-state index in [0.29, 0.717) is 42.3 Å². The van der Waals surface area contributed by atoms with E-state index in [1.807, 2.05) is 0 Å². The van der Waals surface area contributed by atoms with Gasteiger partial charge in [-0.25, -0.2) is 17.6 Å². The quantitative estimate of drug-likeness (QED) is 0.352. The fraction of sp³-hybridized carbons (Fsp3) is 0.412. The molecule has 1 unspecified atom stereocenters. The number of hydrogen-bond donors (Lipinski definition) is 0. The lowest BCUT2D eigenvalue weighted by atomic mass is 9.86. The number of anilines is 1. The van der Waals surface area contributed by atoms with Gasteiger partial charge < -0.3 is 24.0 Å². The number of piperidine rings is 1. The van der Waals surface area contributed by atoms with Crippen LogP contribution in [0.2, 0.25) is 0 Å². The van der Waals surface area contributed by atoms with Gasteiger partial charge in [0, 0.05) is 37.8 Å². The maximum atomic E-state index is 15.1. The smallest absolute Gasteiger partial charge is 0.411 e. The van der Waals surface area contributed by atoms with E-state index in [4.69, 9.17) is 14.2 Å². The van der Waals surface area contributed by atoms with E-state index in [0.717, 1.165) is 38.1 Å². The number of carbonyl (C=O) groups excluding carboxylic acids is 2. The summed E-state index contributed by atoms with van der Waals surface area (Å²) in [6.07, 6.45) is 1.29. The van der Waals surface area contributed by atoms with Gasteiger partial charge in [-0.3, -0.25) is 9.69 Å². The second-order valence-electron chi connectivity index (χ2n) is 11.9. The van der Waals surface area contributed by atoms with Gasteiger partial charge in [-0.1, -0.05) is 18.2 Å². The Morgan fingerprint density at radius 2 is 1.62 bits per heavy atom. The molecule has 6 rings (SSSR count). The van der Waals surface area contributed by atoms with E-state index in [9.17, 15) is 18.0 Å². The summed E-state index contributed by atoms with van der Waals surface area (Å²) in [6.45, 7) is 5.96. The van der Waals surface area contributed by atoms with Crippen molar-refractivity contribution >= 4 is 27.7 Å². The molecule has 13 heteroatoms. The van der Waals surface area contributed by atoms with Gasteiger partial charge in [0.15, 0.2) is 0 Å². The average molecular weight is 667 g/mol. The summed E-state index contributed by atoms with van der Waals surface area (Å²) >= 11 is 0. The minimum atomic E-state index is -4.58. The zero-order valence-corrected chi connectivity index (χ0v) is 27.5. The van der Waals surface area contributed by atoms with E-state index in [-0.39, 0.29) is 34.1 Å². The van der Waals surface area contributed by atoms with Crippen molar-refractivity contribution < 1.29 is 36.6 Å². The highest BCUT2D eigenvalue weighted by Crippen LogP contribution is 2.52. The van der Waals surface area contributed by atoms with E-state index >= 15 is 4.39 Å². The Morgan fingerprint density at radius 1 is 0.936 bits per heavy atom. The number of likely N-dealkylation sites (tertiary alicyclic amines) is 1. The van der Waals surface area contributed by atoms with Crippen LogP contribution in [0.4, 0.5) is 14.9 Å². The molecule has 1 atom stereocenters. The number of rotatable bonds is 8. The van der Waals surface area contributed by atoms with Gasteiger partial charge in [0.2, 0.25) is 5.60 Å². The molecular weight excluding hydrogens is 627 g/mol. The fourth-order valence-electron chi connectivity index (χ4n) is 6.70. The van der Waals surface area contributed by atoms with E-state index < -0.39 is 33.4 Å². The van der Waals surface area contributed by atoms with Crippen LogP contribution in [-0.4, -0.2) is 101 Å². The number of halogens is 1. The number of sulfonamides is 1. The number of fused-ring (bicyclic) bond motifs is 1. The first kappa shape index (κ1) is 32.7. The minimum absolute atomic E-state index is 0.0874. The van der Waals surface area contributed by atoms with Crippen LogP contribution in [0.1, 0.15) is 30.9 Å². The molecule has 0 aliphatic carbocycles. The van der Waals surface area contributed by atoms with Gasteiger partial charge in [-0.15, -0.1) is 0 Å². The molecule has 0 bridgehead atoms. The van der Waals surface area contributed by atoms with Crippen LogP contribution in [0.15, 0.2) is 71.6 Å². The van der Waals surface area contributed by atoms with Crippen LogP contribution in [0.3, 0.4) is 0 Å². The number of para-hydroxylation sites is 1. The first-order valence-corrected chi connectivity index (χ1v) is 17.2. The highest BCUT2D eigenvalue weighted by Gasteiger charge is 2.61. The van der Waals surface area contributed by atoms with Gasteiger partial charge in [-0.05, 0) is 88.4 Å². The predicted octanol–water partition coefficient (Wildman–Crippen LogP) is 4.06. The number of methoxy groups -OCH3 is 1. The average Bonchev–Trinajstić information content (AvgIpc) is 3.33. The molecule has 11 nitrogen and oxygen atoms in total. The van der Waals surface area contributed by atoms with Crippen molar-refractivity contribution in [1.29, 1.82) is 0 Å². The molecule has 3 aliphatic rings. The number of piperazine rings is 1. The van der Waals surface area contributed by atoms with Crippen molar-refractivity contribution in [2.24, 2.45) is 0 Å². The molecule has 0 radical (unpaired) electrons. The predicted molar refractivity (Wildman–Crippen MR) is 173 cm³/mol. The molecule has 0 aromatic heterocycles. The van der Waals surface area contributed by atoms with Crippen LogP contribution in [-0.2, 0) is 25.2 Å². The summed E-state index contributed by atoms with van der Waals surface area (Å²) in [7, 11) is -1.02. The number of hydrogen-bond acceptors (Lipinski definition) is 9. The number of carbonyl (C=O) groups is 2. The van der Waals surface area contributed by atoms with Gasteiger partial charge in [0.1, 0.15) is 17.3 Å². The monoisotopic (exact) mass is 666 g/mol. The zero-order chi connectivity index (χ0) is 33.3. The number of amides is 2. The summed E-state index contributed by atoms with van der Waals surface area (Å²) in [6, 6.07) is 15.7. The Kier molecular flexibility index (Phi) is 9.14. The Balaban J connectivity index is 1.41. The van der Waals surface area contributed by atoms with E-state index in [1.165, 1.54) is 48.4 Å². The molecule has 2 saturated heterocycles. The molecule has 250 valence electrons. The highest BCUT2D eigenvalue weighted by atomic mass is 32.2. The second-order valence-corrected chi connectivity index (χ2v) is 13.7. The summed E-state index contributed by atoms with van der Waals surface area (Å²) in [5.41, 5.74) is -2.53. The zero-order valence-electron chi connectivity index (χ0n) is 26.7. The maximum absolute atomic E-state index is 15.1. The summed E-state index contributed by atoms with van der Waals surface area (Å²) in [5.74, 6) is -1.20. The molecule has 2 amide bonds. The van der Waals surface area contributed by atoms with Gasteiger partial charge >= 0.3 is 6.09 Å². The third kappa shape index (κ3) is 5.92. The molecule has 3 aliphatic heterocycles. The largest absolute Gasteiger partial charge is 0.497 e. The van der Waals surface area contributed by atoms with Gasteiger partial charge in [0.05, 0.1) is 29.9 Å². The molecule has 2 fully saturated rings. The van der Waals surface area contributed by atoms with E-state index in [1.54, 1.807) is 25.1 Å².